The fourth-order valence-corrected chi connectivity index (χ4v) is 3.41. The Hall–Kier alpha value is -3.63. The van der Waals surface area contributed by atoms with Gasteiger partial charge in [-0.3, -0.25) is 0 Å². The molecular formula is C24H30ClN7O3. The molecule has 0 bridgehead atoms. The van der Waals surface area contributed by atoms with E-state index in [1.807, 2.05) is 20.8 Å². The number of aryl methyl sites for hydroxylation is 2. The van der Waals surface area contributed by atoms with Crippen LogP contribution < -0.4 is 20.4 Å². The molecule has 2 aromatic carbocycles. The fourth-order valence-electron chi connectivity index (χ4n) is 3.41. The number of phenols is 1. The van der Waals surface area contributed by atoms with Crippen molar-refractivity contribution in [2.45, 2.75) is 20.8 Å². The van der Waals surface area contributed by atoms with E-state index in [2.05, 4.69) is 53.9 Å². The standard InChI is InChI=1S/C24H29N7O3.ClH/c1-4-34-21-14-18(7-8-20(21)32)15-25-30-23-27-22(26-19-13-16(2)5-6-17(19)3)28-24(29-23)31-9-11-33-12-10-31;/h5-8,13-15,32H,4,9-12H2,1-3H3,(H2,26,27,28,29,30);1H/b25-15+;. The Kier molecular flexibility index (Phi) is 9.04. The number of aromatic nitrogens is 3. The number of aromatic hydroxyl groups is 1. The van der Waals surface area contributed by atoms with Crippen LogP contribution in [-0.2, 0) is 4.74 Å². The Morgan fingerprint density at radius 2 is 1.86 bits per heavy atom. The molecule has 2 heterocycles. The number of benzene rings is 2. The SMILES string of the molecule is CCOc1cc(/C=N/Nc2nc(Nc3cc(C)ccc3C)nc(N3CCOCC3)n2)ccc1O.Cl. The maximum atomic E-state index is 9.88. The summed E-state index contributed by atoms with van der Waals surface area (Å²) in [5.74, 6) is 1.77. The van der Waals surface area contributed by atoms with Crippen molar-refractivity contribution in [3.8, 4) is 11.5 Å². The fraction of sp³-hybridized carbons (Fsp3) is 0.333. The summed E-state index contributed by atoms with van der Waals surface area (Å²) in [6.07, 6.45) is 1.61. The Morgan fingerprint density at radius 1 is 1.09 bits per heavy atom. The van der Waals surface area contributed by atoms with E-state index in [4.69, 9.17) is 9.47 Å². The predicted molar refractivity (Wildman–Crippen MR) is 140 cm³/mol. The lowest BCUT2D eigenvalue weighted by Gasteiger charge is -2.27. The maximum Gasteiger partial charge on any atom is 0.250 e. The molecule has 0 amide bonds. The van der Waals surface area contributed by atoms with Crippen molar-refractivity contribution >= 4 is 42.2 Å². The van der Waals surface area contributed by atoms with Crippen LogP contribution in [0.1, 0.15) is 23.6 Å². The molecule has 0 radical (unpaired) electrons. The Labute approximate surface area is 210 Å². The zero-order valence-electron chi connectivity index (χ0n) is 20.0. The minimum Gasteiger partial charge on any atom is -0.504 e. The van der Waals surface area contributed by atoms with Crippen LogP contribution in [0, 0.1) is 13.8 Å². The largest absolute Gasteiger partial charge is 0.504 e. The number of anilines is 4. The van der Waals surface area contributed by atoms with E-state index in [0.717, 1.165) is 22.4 Å². The summed E-state index contributed by atoms with van der Waals surface area (Å²) in [6, 6.07) is 11.2. The van der Waals surface area contributed by atoms with Gasteiger partial charge in [0, 0.05) is 18.8 Å². The second kappa shape index (κ2) is 12.2. The second-order valence-corrected chi connectivity index (χ2v) is 7.86. The highest BCUT2D eigenvalue weighted by atomic mass is 35.5. The molecule has 1 saturated heterocycles. The van der Waals surface area contributed by atoms with Gasteiger partial charge in [-0.25, -0.2) is 5.43 Å². The average molecular weight is 500 g/mol. The predicted octanol–water partition coefficient (Wildman–Crippen LogP) is 4.04. The van der Waals surface area contributed by atoms with E-state index in [0.29, 0.717) is 56.5 Å². The van der Waals surface area contributed by atoms with E-state index in [-0.39, 0.29) is 18.2 Å². The highest BCUT2D eigenvalue weighted by Gasteiger charge is 2.17. The summed E-state index contributed by atoms with van der Waals surface area (Å²) in [5, 5.41) is 17.5. The molecule has 0 unspecified atom stereocenters. The van der Waals surface area contributed by atoms with Crippen molar-refractivity contribution < 1.29 is 14.6 Å². The van der Waals surface area contributed by atoms with Crippen LogP contribution in [0.2, 0.25) is 0 Å². The Balaban J connectivity index is 0.00000342. The normalized spacial score (nSPS) is 13.4. The zero-order chi connectivity index (χ0) is 23.9. The van der Waals surface area contributed by atoms with Gasteiger partial charge in [0.2, 0.25) is 17.8 Å². The number of nitrogens with zero attached hydrogens (tertiary/aromatic N) is 5. The number of ether oxygens (including phenoxy) is 2. The molecule has 35 heavy (non-hydrogen) atoms. The topological polar surface area (TPSA) is 117 Å². The molecule has 3 N–H and O–H groups in total. The van der Waals surface area contributed by atoms with Gasteiger partial charge in [-0.05, 0) is 61.7 Å². The molecule has 1 fully saturated rings. The number of phenolic OH excluding ortho intramolecular Hbond substituents is 1. The number of hydrogen-bond donors (Lipinski definition) is 3. The number of halogens is 1. The number of hydrogen-bond acceptors (Lipinski definition) is 10. The van der Waals surface area contributed by atoms with Gasteiger partial charge in [-0.1, -0.05) is 12.1 Å². The van der Waals surface area contributed by atoms with Gasteiger partial charge in [-0.2, -0.15) is 20.1 Å². The summed E-state index contributed by atoms with van der Waals surface area (Å²) in [4.78, 5) is 15.7. The van der Waals surface area contributed by atoms with E-state index < -0.39 is 0 Å². The first kappa shape index (κ1) is 26.0. The number of hydrazone groups is 1. The number of rotatable bonds is 8. The lowest BCUT2D eigenvalue weighted by atomic mass is 10.1. The minimum atomic E-state index is 0. The second-order valence-electron chi connectivity index (χ2n) is 7.86. The summed E-state index contributed by atoms with van der Waals surface area (Å²) >= 11 is 0. The van der Waals surface area contributed by atoms with Crippen molar-refractivity contribution in [3.05, 3.63) is 53.1 Å². The van der Waals surface area contributed by atoms with Crippen LogP contribution in [0.15, 0.2) is 41.5 Å². The quantitative estimate of drug-likeness (QED) is 0.311. The van der Waals surface area contributed by atoms with Crippen molar-refractivity contribution in [1.29, 1.82) is 0 Å². The van der Waals surface area contributed by atoms with Crippen LogP contribution in [0.4, 0.5) is 23.5 Å². The molecule has 0 atom stereocenters. The van der Waals surface area contributed by atoms with Gasteiger partial charge in [0.05, 0.1) is 26.0 Å². The molecule has 0 spiro atoms. The first-order valence-corrected chi connectivity index (χ1v) is 11.2. The van der Waals surface area contributed by atoms with Gasteiger partial charge in [0.25, 0.3) is 0 Å². The molecule has 11 heteroatoms. The summed E-state index contributed by atoms with van der Waals surface area (Å²) in [6.45, 7) is 9.02. The van der Waals surface area contributed by atoms with Crippen LogP contribution in [0.5, 0.6) is 11.5 Å². The lowest BCUT2D eigenvalue weighted by Crippen LogP contribution is -2.37. The first-order valence-electron chi connectivity index (χ1n) is 11.2. The van der Waals surface area contributed by atoms with E-state index >= 15 is 0 Å². The summed E-state index contributed by atoms with van der Waals surface area (Å²) in [5.41, 5.74) is 6.81. The molecule has 1 aliphatic rings. The Bertz CT molecular complexity index is 1170. The third-order valence-corrected chi connectivity index (χ3v) is 5.22. The summed E-state index contributed by atoms with van der Waals surface area (Å²) < 4.78 is 10.9. The minimum absolute atomic E-state index is 0. The van der Waals surface area contributed by atoms with E-state index in [9.17, 15) is 5.11 Å². The molecule has 3 aromatic rings. The van der Waals surface area contributed by atoms with Crippen molar-refractivity contribution in [3.63, 3.8) is 0 Å². The zero-order valence-corrected chi connectivity index (χ0v) is 20.8. The van der Waals surface area contributed by atoms with E-state index in [1.54, 1.807) is 24.4 Å². The van der Waals surface area contributed by atoms with Crippen molar-refractivity contribution in [1.82, 2.24) is 15.0 Å². The van der Waals surface area contributed by atoms with Crippen molar-refractivity contribution in [2.75, 3.05) is 48.6 Å². The molecular weight excluding hydrogens is 470 g/mol. The van der Waals surface area contributed by atoms with E-state index in [1.165, 1.54) is 0 Å². The molecule has 186 valence electrons. The molecule has 1 aliphatic heterocycles. The van der Waals surface area contributed by atoms with Gasteiger partial charge in [-0.15, -0.1) is 12.4 Å². The average Bonchev–Trinajstić information content (AvgIpc) is 2.84. The molecule has 0 saturated carbocycles. The van der Waals surface area contributed by atoms with Crippen LogP contribution in [-0.4, -0.2) is 59.2 Å². The number of morpholine rings is 1. The summed E-state index contributed by atoms with van der Waals surface area (Å²) in [7, 11) is 0. The van der Waals surface area contributed by atoms with Gasteiger partial charge >= 0.3 is 0 Å². The number of nitrogens with one attached hydrogen (secondary N) is 2. The lowest BCUT2D eigenvalue weighted by molar-refractivity contribution is 0.122. The third kappa shape index (κ3) is 6.93. The molecule has 0 aliphatic carbocycles. The van der Waals surface area contributed by atoms with Crippen LogP contribution >= 0.6 is 12.4 Å². The smallest absolute Gasteiger partial charge is 0.250 e. The highest BCUT2D eigenvalue weighted by Crippen LogP contribution is 2.26. The van der Waals surface area contributed by atoms with Gasteiger partial charge < -0.3 is 24.8 Å². The molecule has 1 aromatic heterocycles. The first-order chi connectivity index (χ1) is 16.5. The van der Waals surface area contributed by atoms with Crippen LogP contribution in [0.3, 0.4) is 0 Å². The monoisotopic (exact) mass is 499 g/mol. The van der Waals surface area contributed by atoms with Gasteiger partial charge in [0.15, 0.2) is 11.5 Å². The highest BCUT2D eigenvalue weighted by molar-refractivity contribution is 5.85. The molecule has 10 nitrogen and oxygen atoms in total. The molecule has 4 rings (SSSR count). The van der Waals surface area contributed by atoms with Gasteiger partial charge in [0.1, 0.15) is 0 Å². The third-order valence-electron chi connectivity index (χ3n) is 5.22. The van der Waals surface area contributed by atoms with Crippen molar-refractivity contribution in [2.24, 2.45) is 5.10 Å². The Morgan fingerprint density at radius 3 is 2.63 bits per heavy atom. The van der Waals surface area contributed by atoms with Crippen LogP contribution in [0.25, 0.3) is 0 Å². The maximum absolute atomic E-state index is 9.88.